The van der Waals surface area contributed by atoms with Crippen molar-refractivity contribution in [1.29, 1.82) is 0 Å². The van der Waals surface area contributed by atoms with Gasteiger partial charge in [0.15, 0.2) is 0 Å². The van der Waals surface area contributed by atoms with Crippen LogP contribution in [0.2, 0.25) is 0 Å². The van der Waals surface area contributed by atoms with Crippen LogP contribution in [0.1, 0.15) is 47.0 Å². The van der Waals surface area contributed by atoms with Crippen LogP contribution in [-0.2, 0) is 4.74 Å². The smallest absolute Gasteiger partial charge is 0.131 e. The topological polar surface area (TPSA) is 9.23 Å². The van der Waals surface area contributed by atoms with Gasteiger partial charge in [-0.25, -0.2) is 4.39 Å². The third-order valence-electron chi connectivity index (χ3n) is 5.23. The van der Waals surface area contributed by atoms with Crippen molar-refractivity contribution in [2.75, 3.05) is 13.7 Å². The average Bonchev–Trinajstić information content (AvgIpc) is 2.73. The molecule has 0 spiro atoms. The highest BCUT2D eigenvalue weighted by molar-refractivity contribution is 5.53. The molecule has 0 aromatic heterocycles. The molecule has 31 heavy (non-hydrogen) atoms. The number of hydrogen-bond acceptors (Lipinski definition) is 1. The van der Waals surface area contributed by atoms with Gasteiger partial charge in [0.2, 0.25) is 0 Å². The average molecular weight is 425 g/mol. The standard InChI is InChI=1S/C29H41FO/c1-12-21(4)28(19-31-11)17-26(9)27(10)29(30)18-25(8)24(7)16-15-23(6)22(5)14-13-20(2)3/h15-18,20,22H,4,6-10,12-14,19H2,1-3,5,11H3/b16-15-,28-17-,29-18+. The van der Waals surface area contributed by atoms with Crippen molar-refractivity contribution in [2.45, 2.75) is 47.0 Å². The van der Waals surface area contributed by atoms with Gasteiger partial charge in [-0.3, -0.25) is 0 Å². The Morgan fingerprint density at radius 1 is 0.871 bits per heavy atom. The Balaban J connectivity index is 5.16. The second kappa shape index (κ2) is 14.5. The molecule has 0 aliphatic carbocycles. The summed E-state index contributed by atoms with van der Waals surface area (Å²) in [6.07, 6.45) is 9.90. The van der Waals surface area contributed by atoms with Gasteiger partial charge in [0.25, 0.3) is 0 Å². The molecule has 1 unspecified atom stereocenters. The number of halogens is 1. The summed E-state index contributed by atoms with van der Waals surface area (Å²) in [5, 5.41) is 0. The maximum Gasteiger partial charge on any atom is 0.131 e. The van der Waals surface area contributed by atoms with Crippen LogP contribution in [0.25, 0.3) is 0 Å². The molecule has 170 valence electrons. The van der Waals surface area contributed by atoms with E-state index in [0.717, 1.165) is 36.0 Å². The summed E-state index contributed by atoms with van der Waals surface area (Å²) in [5.41, 5.74) is 4.60. The van der Waals surface area contributed by atoms with E-state index in [0.29, 0.717) is 35.2 Å². The van der Waals surface area contributed by atoms with Crippen LogP contribution in [0, 0.1) is 11.8 Å². The zero-order valence-electron chi connectivity index (χ0n) is 20.3. The molecule has 0 fully saturated rings. The summed E-state index contributed by atoms with van der Waals surface area (Å²) in [6, 6.07) is 0. The molecule has 1 atom stereocenters. The molecule has 0 bridgehead atoms. The lowest BCUT2D eigenvalue weighted by molar-refractivity contribution is 0.227. The predicted octanol–water partition coefficient (Wildman–Crippen LogP) is 8.79. The summed E-state index contributed by atoms with van der Waals surface area (Å²) in [6.45, 7) is 32.9. The molecule has 0 heterocycles. The van der Waals surface area contributed by atoms with Gasteiger partial charge in [0, 0.05) is 12.7 Å². The van der Waals surface area contributed by atoms with Gasteiger partial charge >= 0.3 is 0 Å². The van der Waals surface area contributed by atoms with Crippen molar-refractivity contribution in [3.05, 3.63) is 109 Å². The minimum Gasteiger partial charge on any atom is -0.380 e. The van der Waals surface area contributed by atoms with Gasteiger partial charge in [-0.1, -0.05) is 91.3 Å². The number of ether oxygens (including phenoxy) is 1. The normalized spacial score (nSPS) is 13.4. The lowest BCUT2D eigenvalue weighted by Crippen LogP contribution is -1.99. The van der Waals surface area contributed by atoms with Gasteiger partial charge < -0.3 is 4.74 Å². The third kappa shape index (κ3) is 10.9. The first-order valence-electron chi connectivity index (χ1n) is 10.8. The van der Waals surface area contributed by atoms with Crippen LogP contribution < -0.4 is 0 Å². The highest BCUT2D eigenvalue weighted by atomic mass is 19.1. The Hall–Kier alpha value is -2.45. The molecular formula is C29H41FO. The summed E-state index contributed by atoms with van der Waals surface area (Å²) < 4.78 is 20.0. The van der Waals surface area contributed by atoms with Gasteiger partial charge in [-0.2, -0.15) is 0 Å². The highest BCUT2D eigenvalue weighted by Crippen LogP contribution is 2.25. The number of hydrogen-bond donors (Lipinski definition) is 0. The zero-order valence-corrected chi connectivity index (χ0v) is 20.3. The Morgan fingerprint density at radius 2 is 1.48 bits per heavy atom. The van der Waals surface area contributed by atoms with Crippen LogP contribution in [0.5, 0.6) is 0 Å². The van der Waals surface area contributed by atoms with Crippen molar-refractivity contribution in [2.24, 2.45) is 11.8 Å². The Kier molecular flexibility index (Phi) is 13.4. The first-order chi connectivity index (χ1) is 14.4. The third-order valence-corrected chi connectivity index (χ3v) is 5.23. The molecule has 0 aliphatic heterocycles. The fourth-order valence-electron chi connectivity index (χ4n) is 2.66. The molecule has 0 N–H and O–H groups in total. The Labute approximate surface area is 190 Å². The van der Waals surface area contributed by atoms with E-state index >= 15 is 0 Å². The first kappa shape index (κ1) is 28.5. The minimum atomic E-state index is -0.496. The quantitative estimate of drug-likeness (QED) is 0.239. The Morgan fingerprint density at radius 3 is 2.00 bits per heavy atom. The van der Waals surface area contributed by atoms with Crippen LogP contribution in [0.4, 0.5) is 4.39 Å². The number of methoxy groups -OCH3 is 1. The SMILES string of the molecule is C=C(/C=C\C(=C)C(C)CCC(C)C)C(=C)/C=C(/F)C(=C)C(=C)/C=C(/COC)C(=C)CC. The summed E-state index contributed by atoms with van der Waals surface area (Å²) in [5.74, 6) is 0.565. The van der Waals surface area contributed by atoms with E-state index in [4.69, 9.17) is 4.74 Å². The molecule has 1 nitrogen and oxygen atoms in total. The minimum absolute atomic E-state index is 0.196. The van der Waals surface area contributed by atoms with E-state index < -0.39 is 5.83 Å². The predicted molar refractivity (Wildman–Crippen MR) is 137 cm³/mol. The van der Waals surface area contributed by atoms with Crippen molar-refractivity contribution < 1.29 is 9.13 Å². The maximum atomic E-state index is 14.8. The molecule has 0 rings (SSSR count). The maximum absolute atomic E-state index is 14.8. The van der Waals surface area contributed by atoms with Gasteiger partial charge in [-0.15, -0.1) is 0 Å². The first-order valence-corrected chi connectivity index (χ1v) is 10.8. The van der Waals surface area contributed by atoms with E-state index in [1.54, 1.807) is 13.2 Å². The monoisotopic (exact) mass is 424 g/mol. The van der Waals surface area contributed by atoms with Crippen LogP contribution >= 0.6 is 0 Å². The molecular weight excluding hydrogens is 383 g/mol. The Bertz CT molecular complexity index is 799. The molecule has 0 aromatic carbocycles. The lowest BCUT2D eigenvalue weighted by Gasteiger charge is -2.13. The molecule has 0 aromatic rings. The second-order valence-corrected chi connectivity index (χ2v) is 8.39. The number of rotatable bonds is 15. The van der Waals surface area contributed by atoms with E-state index in [1.807, 2.05) is 19.1 Å². The van der Waals surface area contributed by atoms with Crippen molar-refractivity contribution in [3.63, 3.8) is 0 Å². The van der Waals surface area contributed by atoms with Crippen molar-refractivity contribution in [3.8, 4) is 0 Å². The fourth-order valence-corrected chi connectivity index (χ4v) is 2.66. The number of allylic oxidation sites excluding steroid dienone is 10. The van der Waals surface area contributed by atoms with Gasteiger partial charge in [0.1, 0.15) is 5.83 Å². The highest BCUT2D eigenvalue weighted by Gasteiger charge is 2.09. The van der Waals surface area contributed by atoms with Crippen molar-refractivity contribution >= 4 is 0 Å². The van der Waals surface area contributed by atoms with Gasteiger partial charge in [0.05, 0.1) is 6.61 Å². The second-order valence-electron chi connectivity index (χ2n) is 8.39. The fraction of sp³-hybridized carbons (Fsp3) is 0.379. The largest absolute Gasteiger partial charge is 0.380 e. The zero-order chi connectivity index (χ0) is 24.1. The van der Waals surface area contributed by atoms with E-state index in [2.05, 4.69) is 60.2 Å². The van der Waals surface area contributed by atoms with Gasteiger partial charge in [-0.05, 0) is 64.7 Å². The molecule has 0 radical (unpaired) electrons. The summed E-state index contributed by atoms with van der Waals surface area (Å²) >= 11 is 0. The summed E-state index contributed by atoms with van der Waals surface area (Å²) in [7, 11) is 1.61. The van der Waals surface area contributed by atoms with Crippen LogP contribution in [0.15, 0.2) is 109 Å². The molecule has 0 amide bonds. The van der Waals surface area contributed by atoms with E-state index in [-0.39, 0.29) is 5.57 Å². The molecule has 0 saturated carbocycles. The molecule has 2 heteroatoms. The summed E-state index contributed by atoms with van der Waals surface area (Å²) in [4.78, 5) is 0. The molecule has 0 saturated heterocycles. The molecule has 0 aliphatic rings. The van der Waals surface area contributed by atoms with E-state index in [1.165, 1.54) is 6.08 Å². The van der Waals surface area contributed by atoms with Crippen LogP contribution in [-0.4, -0.2) is 13.7 Å². The van der Waals surface area contributed by atoms with E-state index in [9.17, 15) is 4.39 Å². The van der Waals surface area contributed by atoms with Crippen LogP contribution in [0.3, 0.4) is 0 Å². The lowest BCUT2D eigenvalue weighted by atomic mass is 9.93. The van der Waals surface area contributed by atoms with Crippen molar-refractivity contribution in [1.82, 2.24) is 0 Å².